The summed E-state index contributed by atoms with van der Waals surface area (Å²) < 4.78 is 1.12. The first-order chi connectivity index (χ1) is 9.61. The molecule has 7 heteroatoms. The average Bonchev–Trinajstić information content (AvgIpc) is 2.45. The van der Waals surface area contributed by atoms with Crippen LogP contribution in [0.4, 0.5) is 5.69 Å². The van der Waals surface area contributed by atoms with Gasteiger partial charge >= 0.3 is 0 Å². The Kier molecular flexibility index (Phi) is 5.00. The van der Waals surface area contributed by atoms with E-state index in [-0.39, 0.29) is 18.2 Å². The summed E-state index contributed by atoms with van der Waals surface area (Å²) in [5, 5.41) is 16.5. The van der Waals surface area contributed by atoms with Crippen LogP contribution in [0.5, 0.6) is 0 Å². The van der Waals surface area contributed by atoms with Crippen molar-refractivity contribution < 1.29 is 5.11 Å². The predicted molar refractivity (Wildman–Crippen MR) is 79.4 cm³/mol. The molecule has 0 amide bonds. The van der Waals surface area contributed by atoms with Gasteiger partial charge in [0.2, 0.25) is 0 Å². The Morgan fingerprint density at radius 3 is 2.60 bits per heavy atom. The Bertz CT molecular complexity index is 641. The number of rotatable bonds is 5. The number of hydrogen-bond acceptors (Lipinski definition) is 4. The summed E-state index contributed by atoms with van der Waals surface area (Å²) in [7, 11) is 0. The van der Waals surface area contributed by atoms with Crippen LogP contribution < -0.4 is 10.9 Å². The lowest BCUT2D eigenvalue weighted by atomic mass is 10.2. The Morgan fingerprint density at radius 1 is 1.25 bits per heavy atom. The standard InChI is InChI=1S/C13H13Cl2N3O2/c14-10-3-1-9(2-4-10)7-16-11-8-17-18(5-6-19)13(20)12(11)15/h1-4,8,16,19H,5-7H2. The fraction of sp³-hybridized carbons (Fsp3) is 0.231. The first-order valence-electron chi connectivity index (χ1n) is 5.96. The maximum absolute atomic E-state index is 11.8. The molecule has 0 fully saturated rings. The van der Waals surface area contributed by atoms with Gasteiger partial charge in [-0.15, -0.1) is 0 Å². The number of anilines is 1. The van der Waals surface area contributed by atoms with Gasteiger partial charge in [0.15, 0.2) is 0 Å². The lowest BCUT2D eigenvalue weighted by Gasteiger charge is -2.09. The molecular weight excluding hydrogens is 301 g/mol. The zero-order chi connectivity index (χ0) is 14.5. The van der Waals surface area contributed by atoms with Crippen molar-refractivity contribution in [3.05, 3.63) is 56.4 Å². The fourth-order valence-corrected chi connectivity index (χ4v) is 1.98. The summed E-state index contributed by atoms with van der Waals surface area (Å²) in [6.45, 7) is 0.457. The van der Waals surface area contributed by atoms with Crippen molar-refractivity contribution >= 4 is 28.9 Å². The zero-order valence-corrected chi connectivity index (χ0v) is 12.0. The number of aromatic nitrogens is 2. The van der Waals surface area contributed by atoms with Gasteiger partial charge in [0, 0.05) is 11.6 Å². The van der Waals surface area contributed by atoms with E-state index in [4.69, 9.17) is 28.3 Å². The highest BCUT2D eigenvalue weighted by atomic mass is 35.5. The molecule has 0 saturated carbocycles. The molecule has 0 spiro atoms. The van der Waals surface area contributed by atoms with Crippen LogP contribution in [-0.2, 0) is 13.1 Å². The minimum absolute atomic E-state index is 0.0578. The second-order valence-electron chi connectivity index (χ2n) is 4.10. The van der Waals surface area contributed by atoms with E-state index in [9.17, 15) is 4.79 Å². The molecule has 0 radical (unpaired) electrons. The topological polar surface area (TPSA) is 67.2 Å². The van der Waals surface area contributed by atoms with Gasteiger partial charge in [-0.25, -0.2) is 4.68 Å². The molecule has 0 saturated heterocycles. The second kappa shape index (κ2) is 6.74. The van der Waals surface area contributed by atoms with Crippen LogP contribution in [0.1, 0.15) is 5.56 Å². The molecular formula is C13H13Cl2N3O2. The van der Waals surface area contributed by atoms with Gasteiger partial charge in [-0.3, -0.25) is 4.79 Å². The van der Waals surface area contributed by atoms with Crippen molar-refractivity contribution in [1.82, 2.24) is 9.78 Å². The molecule has 2 rings (SSSR count). The Labute approximate surface area is 125 Å². The minimum atomic E-state index is -0.429. The molecule has 2 N–H and O–H groups in total. The van der Waals surface area contributed by atoms with Crippen LogP contribution in [0.3, 0.4) is 0 Å². The lowest BCUT2D eigenvalue weighted by Crippen LogP contribution is -2.25. The SMILES string of the molecule is O=c1c(Cl)c(NCc2ccc(Cl)cc2)cnn1CCO. The van der Waals surface area contributed by atoms with Crippen molar-refractivity contribution in [3.8, 4) is 0 Å². The summed E-state index contributed by atoms with van der Waals surface area (Å²) in [4.78, 5) is 11.8. The first kappa shape index (κ1) is 14.8. The average molecular weight is 314 g/mol. The van der Waals surface area contributed by atoms with Crippen LogP contribution in [0.2, 0.25) is 10.0 Å². The van der Waals surface area contributed by atoms with Gasteiger partial charge in [-0.1, -0.05) is 35.3 Å². The number of benzene rings is 1. The van der Waals surface area contributed by atoms with E-state index < -0.39 is 5.56 Å². The number of nitrogens with one attached hydrogen (secondary N) is 1. The molecule has 1 heterocycles. The largest absolute Gasteiger partial charge is 0.394 e. The summed E-state index contributed by atoms with van der Waals surface area (Å²) in [6, 6.07) is 7.34. The minimum Gasteiger partial charge on any atom is -0.394 e. The number of hydrogen-bond donors (Lipinski definition) is 2. The number of aliphatic hydroxyl groups is 1. The third kappa shape index (κ3) is 3.50. The number of aliphatic hydroxyl groups excluding tert-OH is 1. The highest BCUT2D eigenvalue weighted by molar-refractivity contribution is 6.32. The van der Waals surface area contributed by atoms with Crippen molar-refractivity contribution in [1.29, 1.82) is 0 Å². The number of nitrogens with zero attached hydrogens (tertiary/aromatic N) is 2. The number of halogens is 2. The molecule has 2 aromatic rings. The quantitative estimate of drug-likeness (QED) is 0.887. The second-order valence-corrected chi connectivity index (χ2v) is 4.92. The van der Waals surface area contributed by atoms with Crippen LogP contribution >= 0.6 is 23.2 Å². The molecule has 106 valence electrons. The summed E-state index contributed by atoms with van der Waals surface area (Å²) in [5.41, 5.74) is 1.03. The predicted octanol–water partition coefficient (Wildman–Crippen LogP) is 2.15. The molecule has 5 nitrogen and oxygen atoms in total. The van der Waals surface area contributed by atoms with Gasteiger partial charge in [-0.05, 0) is 17.7 Å². The van der Waals surface area contributed by atoms with E-state index in [1.807, 2.05) is 12.1 Å². The normalized spacial score (nSPS) is 10.6. The maximum Gasteiger partial charge on any atom is 0.287 e. The highest BCUT2D eigenvalue weighted by Crippen LogP contribution is 2.17. The third-order valence-corrected chi connectivity index (χ3v) is 3.31. The molecule has 0 unspecified atom stereocenters. The summed E-state index contributed by atoms with van der Waals surface area (Å²) in [6.07, 6.45) is 1.47. The smallest absolute Gasteiger partial charge is 0.287 e. The zero-order valence-electron chi connectivity index (χ0n) is 10.5. The van der Waals surface area contributed by atoms with Crippen LogP contribution in [0.15, 0.2) is 35.3 Å². The third-order valence-electron chi connectivity index (χ3n) is 2.69. The first-order valence-corrected chi connectivity index (χ1v) is 6.72. The molecule has 1 aromatic heterocycles. The van der Waals surface area contributed by atoms with E-state index in [0.717, 1.165) is 10.2 Å². The summed E-state index contributed by atoms with van der Waals surface area (Å²) in [5.74, 6) is 0. The monoisotopic (exact) mass is 313 g/mol. The van der Waals surface area contributed by atoms with Crippen molar-refractivity contribution in [2.24, 2.45) is 0 Å². The van der Waals surface area contributed by atoms with E-state index in [1.54, 1.807) is 12.1 Å². The molecule has 20 heavy (non-hydrogen) atoms. The Hall–Kier alpha value is -1.56. The molecule has 0 atom stereocenters. The van der Waals surface area contributed by atoms with E-state index in [0.29, 0.717) is 17.3 Å². The molecule has 0 aliphatic carbocycles. The lowest BCUT2D eigenvalue weighted by molar-refractivity contribution is 0.266. The Morgan fingerprint density at radius 2 is 1.95 bits per heavy atom. The van der Waals surface area contributed by atoms with Gasteiger partial charge in [0.25, 0.3) is 5.56 Å². The van der Waals surface area contributed by atoms with E-state index in [2.05, 4.69) is 10.4 Å². The van der Waals surface area contributed by atoms with Crippen molar-refractivity contribution in [2.75, 3.05) is 11.9 Å². The maximum atomic E-state index is 11.8. The summed E-state index contributed by atoms with van der Waals surface area (Å²) >= 11 is 11.8. The highest BCUT2D eigenvalue weighted by Gasteiger charge is 2.08. The van der Waals surface area contributed by atoms with Crippen molar-refractivity contribution in [3.63, 3.8) is 0 Å². The van der Waals surface area contributed by atoms with Crippen molar-refractivity contribution in [2.45, 2.75) is 13.1 Å². The molecule has 0 aliphatic rings. The van der Waals surface area contributed by atoms with Gasteiger partial charge < -0.3 is 10.4 Å². The van der Waals surface area contributed by atoms with Crippen LogP contribution in [0.25, 0.3) is 0 Å². The van der Waals surface area contributed by atoms with E-state index >= 15 is 0 Å². The molecule has 0 aliphatic heterocycles. The van der Waals surface area contributed by atoms with Gasteiger partial charge in [0.05, 0.1) is 25.0 Å². The van der Waals surface area contributed by atoms with E-state index in [1.165, 1.54) is 6.20 Å². The fourth-order valence-electron chi connectivity index (χ4n) is 1.64. The molecule has 1 aromatic carbocycles. The molecule has 0 bridgehead atoms. The van der Waals surface area contributed by atoms with Crippen LogP contribution in [-0.4, -0.2) is 21.5 Å². The van der Waals surface area contributed by atoms with Crippen LogP contribution in [0, 0.1) is 0 Å². The Balaban J connectivity index is 2.12. The van der Waals surface area contributed by atoms with Gasteiger partial charge in [0.1, 0.15) is 5.02 Å². The van der Waals surface area contributed by atoms with Gasteiger partial charge in [-0.2, -0.15) is 5.10 Å².